The maximum atomic E-state index is 15.7. The third-order valence-corrected chi connectivity index (χ3v) is 15.1. The van der Waals surface area contributed by atoms with E-state index in [0.717, 1.165) is 57.1 Å². The molecule has 5 rings (SSSR count). The van der Waals surface area contributed by atoms with E-state index in [9.17, 15) is 4.79 Å². The largest absolute Gasteiger partial charge is 0.464 e. The van der Waals surface area contributed by atoms with E-state index in [0.29, 0.717) is 50.8 Å². The van der Waals surface area contributed by atoms with E-state index in [1.54, 1.807) is 17.0 Å². The number of hydrogen-bond donors (Lipinski definition) is 0. The van der Waals surface area contributed by atoms with E-state index < -0.39 is 35.6 Å². The van der Waals surface area contributed by atoms with Crippen LogP contribution < -0.4 is 4.74 Å². The molecule has 0 radical (unpaired) electrons. The zero-order chi connectivity index (χ0) is 42.6. The monoisotopic (exact) mass is 853 g/mol. The van der Waals surface area contributed by atoms with Crippen LogP contribution in [-0.4, -0.2) is 86.8 Å². The van der Waals surface area contributed by atoms with Crippen LogP contribution in [0.25, 0.3) is 33.5 Å². The predicted octanol–water partition coefficient (Wildman–Crippen LogP) is 10.8. The molecule has 0 N–H and O–H groups in total. The van der Waals surface area contributed by atoms with Gasteiger partial charge in [0.05, 0.1) is 30.0 Å². The Kier molecular flexibility index (Phi) is 14.6. The van der Waals surface area contributed by atoms with Crippen molar-refractivity contribution in [2.45, 2.75) is 143 Å². The normalized spacial score (nSPS) is 13.8. The average Bonchev–Trinajstić information content (AvgIpc) is 3.78. The molecule has 0 spiro atoms. The van der Waals surface area contributed by atoms with Crippen molar-refractivity contribution in [3.63, 3.8) is 0 Å². The first kappa shape index (κ1) is 45.7. The average molecular weight is 854 g/mol. The highest BCUT2D eigenvalue weighted by molar-refractivity contribution is 6.76. The standard InChI is InChI=1S/C43H68FN5O6Si3/c1-14-31-24-39(54-30-53-19-22-58(11,12)13)35(44)25-34(31)32-15-16-33-37(23-32)49(29-52-18-21-57(8,9)10)46-40(33)41-45-36-26-47(42(50)55-43(2,3)4)27-38(36)48(41)28-51-17-20-56(5,6)7/h15-16,23-25H,14,17-22,26-30H2,1-13H3. The van der Waals surface area contributed by atoms with Gasteiger partial charge in [0, 0.05) is 49.4 Å². The van der Waals surface area contributed by atoms with Crippen molar-refractivity contribution in [3.05, 3.63) is 53.1 Å². The van der Waals surface area contributed by atoms with Crippen LogP contribution in [0.5, 0.6) is 5.75 Å². The lowest BCUT2D eigenvalue weighted by Gasteiger charge is -2.24. The number of rotatable bonds is 19. The lowest BCUT2D eigenvalue weighted by atomic mass is 9.96. The van der Waals surface area contributed by atoms with Gasteiger partial charge in [-0.25, -0.2) is 18.9 Å². The zero-order valence-electron chi connectivity index (χ0n) is 37.4. The van der Waals surface area contributed by atoms with E-state index in [4.69, 9.17) is 33.8 Å². The summed E-state index contributed by atoms with van der Waals surface area (Å²) in [6.07, 6.45) is 0.315. The van der Waals surface area contributed by atoms with Crippen molar-refractivity contribution >= 4 is 41.2 Å². The molecule has 320 valence electrons. The molecule has 0 atom stereocenters. The van der Waals surface area contributed by atoms with Gasteiger partial charge in [0.2, 0.25) is 0 Å². The number of amides is 1. The minimum atomic E-state index is -1.33. The van der Waals surface area contributed by atoms with Gasteiger partial charge in [-0.15, -0.1) is 0 Å². The number of carbonyl (C=O) groups excluding carboxylic acids is 1. The summed E-state index contributed by atoms with van der Waals surface area (Å²) in [6, 6.07) is 12.6. The summed E-state index contributed by atoms with van der Waals surface area (Å²) in [7, 11) is -3.89. The number of aryl methyl sites for hydroxylation is 1. The van der Waals surface area contributed by atoms with Crippen LogP contribution in [-0.2, 0) is 51.9 Å². The summed E-state index contributed by atoms with van der Waals surface area (Å²) >= 11 is 0. The minimum absolute atomic E-state index is 0.0110. The van der Waals surface area contributed by atoms with E-state index in [-0.39, 0.29) is 32.1 Å². The fraction of sp³-hybridized carbons (Fsp3) is 0.605. The van der Waals surface area contributed by atoms with E-state index in [1.807, 2.05) is 37.6 Å². The van der Waals surface area contributed by atoms with Gasteiger partial charge in [-0.2, -0.15) is 5.10 Å². The Balaban J connectivity index is 1.52. The Morgan fingerprint density at radius 2 is 1.45 bits per heavy atom. The number of imidazole rings is 1. The van der Waals surface area contributed by atoms with Crippen molar-refractivity contribution in [2.75, 3.05) is 26.6 Å². The summed E-state index contributed by atoms with van der Waals surface area (Å²) < 4.78 is 49.5. The van der Waals surface area contributed by atoms with Gasteiger partial charge >= 0.3 is 6.09 Å². The van der Waals surface area contributed by atoms with E-state index in [1.165, 1.54) is 0 Å². The van der Waals surface area contributed by atoms with Gasteiger partial charge in [0.15, 0.2) is 24.2 Å². The van der Waals surface area contributed by atoms with Gasteiger partial charge < -0.3 is 28.3 Å². The fourth-order valence-electron chi connectivity index (χ4n) is 6.51. The maximum Gasteiger partial charge on any atom is 0.410 e. The zero-order valence-corrected chi connectivity index (χ0v) is 40.4. The molecule has 0 unspecified atom stereocenters. The smallest absolute Gasteiger partial charge is 0.410 e. The molecule has 0 saturated carbocycles. The first-order valence-corrected chi connectivity index (χ1v) is 31.9. The van der Waals surface area contributed by atoms with Crippen LogP contribution in [0.3, 0.4) is 0 Å². The third kappa shape index (κ3) is 12.6. The second-order valence-corrected chi connectivity index (χ2v) is 37.0. The third-order valence-electron chi connectivity index (χ3n) is 10.0. The summed E-state index contributed by atoms with van der Waals surface area (Å²) in [5, 5.41) is 6.06. The van der Waals surface area contributed by atoms with E-state index in [2.05, 4.69) is 76.5 Å². The molecule has 4 aromatic rings. The number of hydrogen-bond acceptors (Lipinski definition) is 8. The minimum Gasteiger partial charge on any atom is -0.464 e. The highest BCUT2D eigenvalue weighted by atomic mass is 28.3. The molecule has 3 heterocycles. The lowest BCUT2D eigenvalue weighted by molar-refractivity contribution is 0.0197. The van der Waals surface area contributed by atoms with Gasteiger partial charge in [-0.1, -0.05) is 71.9 Å². The van der Waals surface area contributed by atoms with Gasteiger partial charge in [-0.3, -0.25) is 4.90 Å². The molecular weight excluding hydrogens is 786 g/mol. The SMILES string of the molecule is CCc1cc(OCOCC[Si](C)(C)C)c(F)cc1-c1ccc2c(-c3nc4c(n3COCC[Si](C)(C)C)CN(C(=O)OC(C)(C)C)C4)nn(COCC[Si](C)(C)C)c2c1. The fourth-order valence-corrected chi connectivity index (χ4v) is 8.78. The second-order valence-electron chi connectivity index (χ2n) is 20.1. The molecule has 0 aliphatic carbocycles. The Bertz CT molecular complexity index is 2040. The first-order chi connectivity index (χ1) is 27.0. The number of aromatic nitrogens is 4. The molecule has 15 heteroatoms. The van der Waals surface area contributed by atoms with Crippen LogP contribution in [0.4, 0.5) is 9.18 Å². The number of halogens is 1. The van der Waals surface area contributed by atoms with Crippen LogP contribution >= 0.6 is 0 Å². The van der Waals surface area contributed by atoms with Crippen molar-refractivity contribution in [3.8, 4) is 28.4 Å². The van der Waals surface area contributed by atoms with Crippen LogP contribution in [0, 0.1) is 5.82 Å². The van der Waals surface area contributed by atoms with Crippen molar-refractivity contribution < 1.29 is 32.9 Å². The Morgan fingerprint density at radius 3 is 2.05 bits per heavy atom. The van der Waals surface area contributed by atoms with Crippen LogP contribution in [0.1, 0.15) is 44.6 Å². The molecule has 1 aliphatic rings. The molecule has 58 heavy (non-hydrogen) atoms. The molecule has 2 aromatic carbocycles. The van der Waals surface area contributed by atoms with E-state index >= 15 is 4.39 Å². The Morgan fingerprint density at radius 1 is 0.828 bits per heavy atom. The number of fused-ring (bicyclic) bond motifs is 2. The van der Waals surface area contributed by atoms with Crippen molar-refractivity contribution in [1.29, 1.82) is 0 Å². The topological polar surface area (TPSA) is 102 Å². The Labute approximate surface area is 348 Å². The molecular formula is C43H68FN5O6Si3. The molecule has 0 saturated heterocycles. The number of ether oxygens (including phenoxy) is 5. The predicted molar refractivity (Wildman–Crippen MR) is 239 cm³/mol. The van der Waals surface area contributed by atoms with Crippen molar-refractivity contribution in [1.82, 2.24) is 24.2 Å². The van der Waals surface area contributed by atoms with Crippen LogP contribution in [0.2, 0.25) is 77.1 Å². The number of benzene rings is 2. The quantitative estimate of drug-likeness (QED) is 0.0522. The Hall–Kier alpha value is -3.35. The molecule has 0 fully saturated rings. The molecule has 11 nitrogen and oxygen atoms in total. The van der Waals surface area contributed by atoms with Crippen molar-refractivity contribution in [2.24, 2.45) is 0 Å². The van der Waals surface area contributed by atoms with Gasteiger partial charge in [0.25, 0.3) is 0 Å². The lowest BCUT2D eigenvalue weighted by Crippen LogP contribution is -2.34. The number of carbonyl (C=O) groups is 1. The van der Waals surface area contributed by atoms with Gasteiger partial charge in [-0.05, 0) is 86.3 Å². The summed E-state index contributed by atoms with van der Waals surface area (Å²) in [5.41, 5.74) is 5.27. The number of nitrogens with zero attached hydrogens (tertiary/aromatic N) is 5. The molecule has 1 aliphatic heterocycles. The molecule has 0 bridgehead atoms. The second kappa shape index (κ2) is 18.5. The summed E-state index contributed by atoms with van der Waals surface area (Å²) in [4.78, 5) is 20.0. The van der Waals surface area contributed by atoms with Crippen LogP contribution in [0.15, 0.2) is 30.3 Å². The molecule has 2 aromatic heterocycles. The summed E-state index contributed by atoms with van der Waals surface area (Å²) in [5.74, 6) is 0.431. The highest BCUT2D eigenvalue weighted by Gasteiger charge is 2.34. The summed E-state index contributed by atoms with van der Waals surface area (Å²) in [6.45, 7) is 31.7. The highest BCUT2D eigenvalue weighted by Crippen LogP contribution is 2.37. The first-order valence-electron chi connectivity index (χ1n) is 20.8. The van der Waals surface area contributed by atoms with Gasteiger partial charge in [0.1, 0.15) is 24.8 Å². The maximum absolute atomic E-state index is 15.7. The molecule has 1 amide bonds.